The number of nitrogen functional groups attached to an aromatic ring is 1. The van der Waals surface area contributed by atoms with E-state index in [1.54, 1.807) is 4.57 Å². The van der Waals surface area contributed by atoms with E-state index < -0.39 is 5.97 Å². The van der Waals surface area contributed by atoms with Crippen molar-refractivity contribution in [3.8, 4) is 0 Å². The molecule has 122 valence electrons. The first-order valence-electron chi connectivity index (χ1n) is 7.48. The lowest BCUT2D eigenvalue weighted by Crippen LogP contribution is -2.40. The normalized spacial score (nSPS) is 21.2. The van der Waals surface area contributed by atoms with E-state index >= 15 is 0 Å². The maximum absolute atomic E-state index is 12.2. The van der Waals surface area contributed by atoms with Crippen LogP contribution < -0.4 is 11.1 Å². The summed E-state index contributed by atoms with van der Waals surface area (Å²) in [6, 6.07) is 0.0209. The zero-order valence-electron chi connectivity index (χ0n) is 12.5. The Labute approximate surface area is 131 Å². The molecule has 3 rings (SSSR count). The zero-order valence-corrected chi connectivity index (χ0v) is 12.5. The van der Waals surface area contributed by atoms with Crippen molar-refractivity contribution in [1.29, 1.82) is 0 Å². The van der Waals surface area contributed by atoms with Gasteiger partial charge in [0.2, 0.25) is 5.91 Å². The van der Waals surface area contributed by atoms with E-state index in [1.165, 1.54) is 12.7 Å². The summed E-state index contributed by atoms with van der Waals surface area (Å²) in [6.07, 6.45) is 5.40. The Bertz CT molecular complexity index is 735. The summed E-state index contributed by atoms with van der Waals surface area (Å²) in [4.78, 5) is 35.2. The smallest absolute Gasteiger partial charge is 0.306 e. The van der Waals surface area contributed by atoms with Crippen molar-refractivity contribution in [1.82, 2.24) is 24.8 Å². The largest absolute Gasteiger partial charge is 0.481 e. The average molecular weight is 318 g/mol. The number of carboxylic acids is 1. The van der Waals surface area contributed by atoms with Gasteiger partial charge >= 0.3 is 5.97 Å². The quantitative estimate of drug-likeness (QED) is 0.730. The minimum atomic E-state index is -0.753. The number of nitrogens with zero attached hydrogens (tertiary/aromatic N) is 4. The van der Waals surface area contributed by atoms with Crippen molar-refractivity contribution in [3.63, 3.8) is 0 Å². The molecular formula is C14H18N6O3. The number of aromatic nitrogens is 4. The maximum atomic E-state index is 12.2. The van der Waals surface area contributed by atoms with E-state index in [0.717, 1.165) is 0 Å². The second-order valence-electron chi connectivity index (χ2n) is 5.76. The molecule has 9 nitrogen and oxygen atoms in total. The van der Waals surface area contributed by atoms with Crippen molar-refractivity contribution >= 4 is 28.9 Å². The van der Waals surface area contributed by atoms with Crippen LogP contribution in [0.15, 0.2) is 12.7 Å². The Balaban J connectivity index is 1.59. The summed E-state index contributed by atoms with van der Waals surface area (Å²) in [5.41, 5.74) is 6.70. The number of fused-ring (bicyclic) bond motifs is 1. The molecule has 0 saturated heterocycles. The Morgan fingerprint density at radius 3 is 2.70 bits per heavy atom. The number of carboxylic acid groups (broad SMARTS) is 1. The third-order valence-corrected chi connectivity index (χ3v) is 4.19. The molecule has 0 radical (unpaired) electrons. The van der Waals surface area contributed by atoms with Crippen LogP contribution in [0.2, 0.25) is 0 Å². The van der Waals surface area contributed by atoms with Crippen molar-refractivity contribution in [2.75, 3.05) is 5.73 Å². The van der Waals surface area contributed by atoms with Gasteiger partial charge < -0.3 is 20.7 Å². The van der Waals surface area contributed by atoms with Gasteiger partial charge in [0.25, 0.3) is 0 Å². The standard InChI is InChI=1S/C14H18N6O3/c15-12-11-13(17-6-16-12)20(7-18-11)5-10(21)19-9-3-1-8(2-4-9)14(22)23/h6-9H,1-5H2,(H,19,21)(H,22,23)(H2,15,16,17). The molecule has 1 fully saturated rings. The minimum Gasteiger partial charge on any atom is -0.481 e. The fraction of sp³-hybridized carbons (Fsp3) is 0.500. The lowest BCUT2D eigenvalue weighted by Gasteiger charge is -2.26. The van der Waals surface area contributed by atoms with Crippen LogP contribution in [0.1, 0.15) is 25.7 Å². The summed E-state index contributed by atoms with van der Waals surface area (Å²) >= 11 is 0. The van der Waals surface area contributed by atoms with Gasteiger partial charge in [-0.15, -0.1) is 0 Å². The summed E-state index contributed by atoms with van der Waals surface area (Å²) in [7, 11) is 0. The number of carbonyl (C=O) groups is 2. The van der Waals surface area contributed by atoms with Gasteiger partial charge in [-0.3, -0.25) is 9.59 Å². The first-order valence-corrected chi connectivity index (χ1v) is 7.48. The number of rotatable bonds is 4. The topological polar surface area (TPSA) is 136 Å². The van der Waals surface area contributed by atoms with Crippen LogP contribution >= 0.6 is 0 Å². The van der Waals surface area contributed by atoms with E-state index in [4.69, 9.17) is 10.8 Å². The molecule has 0 aromatic carbocycles. The van der Waals surface area contributed by atoms with Gasteiger partial charge in [-0.2, -0.15) is 0 Å². The highest BCUT2D eigenvalue weighted by atomic mass is 16.4. The zero-order chi connectivity index (χ0) is 16.4. The summed E-state index contributed by atoms with van der Waals surface area (Å²) in [6.45, 7) is 0.0891. The minimum absolute atomic E-state index is 0.0209. The van der Waals surface area contributed by atoms with Gasteiger partial charge in [0, 0.05) is 6.04 Å². The predicted molar refractivity (Wildman–Crippen MR) is 81.3 cm³/mol. The molecular weight excluding hydrogens is 300 g/mol. The number of nitrogens with two attached hydrogens (primary N) is 1. The molecule has 2 aromatic rings. The fourth-order valence-corrected chi connectivity index (χ4v) is 2.93. The molecule has 2 aromatic heterocycles. The van der Waals surface area contributed by atoms with Crippen molar-refractivity contribution in [2.24, 2.45) is 5.92 Å². The van der Waals surface area contributed by atoms with E-state index in [0.29, 0.717) is 36.8 Å². The molecule has 0 unspecified atom stereocenters. The SMILES string of the molecule is Nc1ncnc2c1ncn2CC(=O)NC1CCC(C(=O)O)CC1. The molecule has 0 spiro atoms. The van der Waals surface area contributed by atoms with Crippen molar-refractivity contribution in [3.05, 3.63) is 12.7 Å². The Kier molecular flexibility index (Phi) is 4.09. The second-order valence-corrected chi connectivity index (χ2v) is 5.76. The molecule has 1 amide bonds. The maximum Gasteiger partial charge on any atom is 0.306 e. The van der Waals surface area contributed by atoms with Crippen LogP contribution in [0, 0.1) is 5.92 Å². The molecule has 0 aliphatic heterocycles. The van der Waals surface area contributed by atoms with E-state index in [1.807, 2.05) is 0 Å². The van der Waals surface area contributed by atoms with Gasteiger partial charge in [-0.05, 0) is 25.7 Å². The first-order chi connectivity index (χ1) is 11.0. The molecule has 2 heterocycles. The fourth-order valence-electron chi connectivity index (χ4n) is 2.93. The Morgan fingerprint density at radius 1 is 1.26 bits per heavy atom. The Hall–Kier alpha value is -2.71. The van der Waals surface area contributed by atoms with Gasteiger partial charge in [-0.1, -0.05) is 0 Å². The van der Waals surface area contributed by atoms with Crippen LogP contribution in [-0.4, -0.2) is 42.5 Å². The highest BCUT2D eigenvalue weighted by Gasteiger charge is 2.26. The molecule has 1 aliphatic rings. The van der Waals surface area contributed by atoms with E-state index in [-0.39, 0.29) is 30.2 Å². The lowest BCUT2D eigenvalue weighted by molar-refractivity contribution is -0.142. The van der Waals surface area contributed by atoms with Crippen molar-refractivity contribution in [2.45, 2.75) is 38.3 Å². The molecule has 1 aliphatic carbocycles. The number of carbonyl (C=O) groups excluding carboxylic acids is 1. The third-order valence-electron chi connectivity index (χ3n) is 4.19. The number of hydrogen-bond donors (Lipinski definition) is 3. The monoisotopic (exact) mass is 318 g/mol. The molecule has 0 bridgehead atoms. The van der Waals surface area contributed by atoms with E-state index in [2.05, 4.69) is 20.3 Å². The number of imidazole rings is 1. The lowest BCUT2D eigenvalue weighted by atomic mass is 9.86. The van der Waals surface area contributed by atoms with Crippen LogP contribution in [0.25, 0.3) is 11.2 Å². The molecule has 4 N–H and O–H groups in total. The van der Waals surface area contributed by atoms with Gasteiger partial charge in [0.15, 0.2) is 11.5 Å². The number of anilines is 1. The number of nitrogens with one attached hydrogen (secondary N) is 1. The Morgan fingerprint density at radius 2 is 2.00 bits per heavy atom. The summed E-state index contributed by atoms with van der Waals surface area (Å²) in [5, 5.41) is 11.9. The van der Waals surface area contributed by atoms with Gasteiger partial charge in [0.05, 0.1) is 12.2 Å². The second kappa shape index (κ2) is 6.19. The molecule has 0 atom stereocenters. The summed E-state index contributed by atoms with van der Waals surface area (Å²) < 4.78 is 1.62. The number of aliphatic carboxylic acids is 1. The summed E-state index contributed by atoms with van der Waals surface area (Å²) in [5.74, 6) is -0.918. The van der Waals surface area contributed by atoms with Crippen LogP contribution in [-0.2, 0) is 16.1 Å². The number of hydrogen-bond acceptors (Lipinski definition) is 6. The van der Waals surface area contributed by atoms with Crippen molar-refractivity contribution < 1.29 is 14.7 Å². The van der Waals surface area contributed by atoms with Crippen LogP contribution in [0.3, 0.4) is 0 Å². The van der Waals surface area contributed by atoms with Gasteiger partial charge in [0.1, 0.15) is 18.4 Å². The predicted octanol–water partition coefficient (Wildman–Crippen LogP) is 0.168. The third kappa shape index (κ3) is 3.22. The van der Waals surface area contributed by atoms with Crippen LogP contribution in [0.4, 0.5) is 5.82 Å². The molecule has 1 saturated carbocycles. The van der Waals surface area contributed by atoms with E-state index in [9.17, 15) is 9.59 Å². The highest BCUT2D eigenvalue weighted by molar-refractivity contribution is 5.83. The van der Waals surface area contributed by atoms with Crippen LogP contribution in [0.5, 0.6) is 0 Å². The molecule has 23 heavy (non-hydrogen) atoms. The van der Waals surface area contributed by atoms with Gasteiger partial charge in [-0.25, -0.2) is 15.0 Å². The molecule has 9 heteroatoms. The number of amides is 1. The highest BCUT2D eigenvalue weighted by Crippen LogP contribution is 2.24. The first kappa shape index (κ1) is 15.2. The average Bonchev–Trinajstić information content (AvgIpc) is 2.92.